The van der Waals surface area contributed by atoms with Crippen molar-refractivity contribution >= 4 is 39.1 Å². The van der Waals surface area contributed by atoms with E-state index in [-0.39, 0.29) is 47.9 Å². The van der Waals surface area contributed by atoms with Crippen molar-refractivity contribution in [3.8, 4) is 11.5 Å². The minimum Gasteiger partial charge on any atom is -0.486 e. The highest BCUT2D eigenvalue weighted by Crippen LogP contribution is 2.34. The fourth-order valence-electron chi connectivity index (χ4n) is 5.23. The van der Waals surface area contributed by atoms with Crippen LogP contribution in [-0.2, 0) is 32.6 Å². The number of carbonyl (C=O) groups is 2. The number of halogens is 2. The maximum Gasteiger partial charge on any atom is 0.264 e. The topological polar surface area (TPSA) is 105 Å². The Hall–Kier alpha value is -4.61. The molecule has 9 nitrogen and oxygen atoms in total. The fraction of sp³-hybridized carbons (Fsp3) is 0.278. The van der Waals surface area contributed by atoms with E-state index in [1.807, 2.05) is 44.2 Å². The van der Waals surface area contributed by atoms with Crippen LogP contribution in [0, 0.1) is 5.82 Å². The summed E-state index contributed by atoms with van der Waals surface area (Å²) in [6.07, 6.45) is 0.842. The second kappa shape index (κ2) is 15.5. The lowest BCUT2D eigenvalue weighted by molar-refractivity contribution is -0.140. The molecule has 0 aliphatic carbocycles. The Bertz CT molecular complexity index is 1830. The van der Waals surface area contributed by atoms with Gasteiger partial charge in [0.1, 0.15) is 31.6 Å². The number of nitrogens with one attached hydrogen (secondary N) is 1. The van der Waals surface area contributed by atoms with E-state index in [0.29, 0.717) is 29.4 Å². The smallest absolute Gasteiger partial charge is 0.264 e. The van der Waals surface area contributed by atoms with Gasteiger partial charge in [0, 0.05) is 30.1 Å². The fourth-order valence-corrected chi connectivity index (χ4v) is 6.79. The maximum atomic E-state index is 14.6. The number of amides is 2. The SMILES string of the molecule is CC[C@@H](C)NC(=O)[C@@H](Cc1ccccc1)N(Cc1ccc(Cl)cc1)C(=O)CN(c1ccc(F)cc1)S(=O)(=O)c1ccc2c(c1)OCCO2. The number of hydrogen-bond acceptors (Lipinski definition) is 6. The lowest BCUT2D eigenvalue weighted by atomic mass is 10.0. The Labute approximate surface area is 285 Å². The van der Waals surface area contributed by atoms with Crippen LogP contribution in [0.2, 0.25) is 5.02 Å². The molecule has 0 fully saturated rings. The summed E-state index contributed by atoms with van der Waals surface area (Å²) in [6.45, 7) is 3.70. The molecule has 12 heteroatoms. The van der Waals surface area contributed by atoms with E-state index >= 15 is 0 Å². The van der Waals surface area contributed by atoms with Gasteiger partial charge < -0.3 is 19.7 Å². The number of rotatable bonds is 13. The molecule has 0 radical (unpaired) electrons. The quantitative estimate of drug-likeness (QED) is 0.184. The van der Waals surface area contributed by atoms with Crippen LogP contribution in [0.15, 0.2) is 102 Å². The summed E-state index contributed by atoms with van der Waals surface area (Å²) in [7, 11) is -4.43. The van der Waals surface area contributed by atoms with Crippen molar-refractivity contribution in [3.63, 3.8) is 0 Å². The zero-order chi connectivity index (χ0) is 34.3. The molecule has 0 saturated carbocycles. The third kappa shape index (κ3) is 8.45. The highest BCUT2D eigenvalue weighted by Gasteiger charge is 2.35. The van der Waals surface area contributed by atoms with Crippen molar-refractivity contribution in [3.05, 3.63) is 119 Å². The van der Waals surface area contributed by atoms with Crippen LogP contribution >= 0.6 is 11.6 Å². The molecule has 0 saturated heterocycles. The van der Waals surface area contributed by atoms with E-state index in [4.69, 9.17) is 21.1 Å². The molecule has 48 heavy (non-hydrogen) atoms. The van der Waals surface area contributed by atoms with Crippen LogP contribution in [0.1, 0.15) is 31.4 Å². The van der Waals surface area contributed by atoms with Crippen molar-refractivity contribution in [1.29, 1.82) is 0 Å². The van der Waals surface area contributed by atoms with E-state index in [9.17, 15) is 22.4 Å². The van der Waals surface area contributed by atoms with Crippen LogP contribution in [-0.4, -0.2) is 57.0 Å². The van der Waals surface area contributed by atoms with Crippen LogP contribution in [0.5, 0.6) is 11.5 Å². The van der Waals surface area contributed by atoms with Gasteiger partial charge in [-0.2, -0.15) is 0 Å². The van der Waals surface area contributed by atoms with E-state index < -0.39 is 34.3 Å². The van der Waals surface area contributed by atoms with Crippen molar-refractivity contribution in [2.75, 3.05) is 24.1 Å². The number of nitrogens with zero attached hydrogens (tertiary/aromatic N) is 2. The standard InChI is InChI=1S/C36H37ClFN3O6S/c1-3-25(2)39-36(43)32(21-26-7-5-4-6-8-26)40(23-27-9-11-28(37)12-10-27)35(42)24-41(30-15-13-29(38)14-16-30)48(44,45)31-17-18-33-34(22-31)47-20-19-46-33/h4-18,22,25,32H,3,19-21,23-24H2,1-2H3,(H,39,43)/t25-,32-/m1/s1. The summed E-state index contributed by atoms with van der Waals surface area (Å²) in [6, 6.07) is 24.0. The molecule has 1 aliphatic rings. The highest BCUT2D eigenvalue weighted by molar-refractivity contribution is 7.92. The molecule has 0 aromatic heterocycles. The molecule has 1 heterocycles. The average Bonchev–Trinajstić information content (AvgIpc) is 3.10. The molecule has 1 aliphatic heterocycles. The van der Waals surface area contributed by atoms with Crippen molar-refractivity contribution in [1.82, 2.24) is 10.2 Å². The van der Waals surface area contributed by atoms with Gasteiger partial charge in [0.25, 0.3) is 10.0 Å². The van der Waals surface area contributed by atoms with Gasteiger partial charge in [-0.15, -0.1) is 0 Å². The summed E-state index contributed by atoms with van der Waals surface area (Å²) >= 11 is 6.14. The zero-order valence-electron chi connectivity index (χ0n) is 26.6. The Morgan fingerprint density at radius 2 is 1.56 bits per heavy atom. The average molecular weight is 694 g/mol. The number of sulfonamides is 1. The van der Waals surface area contributed by atoms with Gasteiger partial charge in [-0.3, -0.25) is 13.9 Å². The summed E-state index contributed by atoms with van der Waals surface area (Å²) in [5.41, 5.74) is 1.56. The summed E-state index contributed by atoms with van der Waals surface area (Å²) in [4.78, 5) is 29.7. The van der Waals surface area contributed by atoms with Crippen LogP contribution < -0.4 is 19.1 Å². The number of benzene rings is 4. The molecule has 4 aromatic carbocycles. The third-order valence-electron chi connectivity index (χ3n) is 8.03. The van der Waals surface area contributed by atoms with Gasteiger partial charge in [0.05, 0.1) is 10.6 Å². The molecule has 0 unspecified atom stereocenters. The van der Waals surface area contributed by atoms with Gasteiger partial charge in [0.2, 0.25) is 11.8 Å². The van der Waals surface area contributed by atoms with Gasteiger partial charge >= 0.3 is 0 Å². The van der Waals surface area contributed by atoms with Gasteiger partial charge in [-0.25, -0.2) is 12.8 Å². The van der Waals surface area contributed by atoms with Crippen molar-refractivity contribution < 1.29 is 31.9 Å². The highest BCUT2D eigenvalue weighted by atomic mass is 35.5. The van der Waals surface area contributed by atoms with Gasteiger partial charge in [-0.1, -0.05) is 61.0 Å². The van der Waals surface area contributed by atoms with E-state index in [1.54, 1.807) is 24.3 Å². The Morgan fingerprint density at radius 3 is 2.23 bits per heavy atom. The summed E-state index contributed by atoms with van der Waals surface area (Å²) in [5, 5.41) is 3.50. The molecule has 5 rings (SSSR count). The first kappa shape index (κ1) is 34.7. The molecule has 1 N–H and O–H groups in total. The first-order valence-electron chi connectivity index (χ1n) is 15.6. The summed E-state index contributed by atoms with van der Waals surface area (Å²) in [5.74, 6) is -0.943. The van der Waals surface area contributed by atoms with Crippen LogP contribution in [0.3, 0.4) is 0 Å². The van der Waals surface area contributed by atoms with E-state index in [1.165, 1.54) is 35.2 Å². The first-order valence-corrected chi connectivity index (χ1v) is 17.4. The molecule has 252 valence electrons. The lowest BCUT2D eigenvalue weighted by Crippen LogP contribution is -2.54. The Balaban J connectivity index is 1.57. The molecule has 2 amide bonds. The summed E-state index contributed by atoms with van der Waals surface area (Å²) < 4.78 is 54.7. The van der Waals surface area contributed by atoms with E-state index in [0.717, 1.165) is 22.0 Å². The predicted molar refractivity (Wildman–Crippen MR) is 182 cm³/mol. The number of carbonyl (C=O) groups excluding carboxylic acids is 2. The minimum absolute atomic E-state index is 0.0112. The number of anilines is 1. The molecule has 4 aromatic rings. The first-order chi connectivity index (χ1) is 23.0. The van der Waals surface area contributed by atoms with Gasteiger partial charge in [-0.05, 0) is 73.0 Å². The second-order valence-electron chi connectivity index (χ2n) is 11.5. The minimum atomic E-state index is -4.43. The maximum absolute atomic E-state index is 14.6. The Morgan fingerprint density at radius 1 is 0.896 bits per heavy atom. The molecule has 0 spiro atoms. The third-order valence-corrected chi connectivity index (χ3v) is 10.1. The van der Waals surface area contributed by atoms with Gasteiger partial charge in [0.15, 0.2) is 11.5 Å². The molecule has 2 atom stereocenters. The molecule has 0 bridgehead atoms. The second-order valence-corrected chi connectivity index (χ2v) is 13.8. The number of ether oxygens (including phenoxy) is 2. The Kier molecular flexibility index (Phi) is 11.2. The van der Waals surface area contributed by atoms with Crippen LogP contribution in [0.25, 0.3) is 0 Å². The molecular weight excluding hydrogens is 657 g/mol. The van der Waals surface area contributed by atoms with E-state index in [2.05, 4.69) is 5.32 Å². The van der Waals surface area contributed by atoms with Crippen LogP contribution in [0.4, 0.5) is 10.1 Å². The molecular formula is C36H37ClFN3O6S. The number of fused-ring (bicyclic) bond motifs is 1. The largest absolute Gasteiger partial charge is 0.486 e. The zero-order valence-corrected chi connectivity index (χ0v) is 28.2. The lowest BCUT2D eigenvalue weighted by Gasteiger charge is -2.34. The monoisotopic (exact) mass is 693 g/mol. The normalized spacial score (nSPS) is 13.7. The predicted octanol–water partition coefficient (Wildman–Crippen LogP) is 6.00. The number of hydrogen-bond donors (Lipinski definition) is 1. The van der Waals surface area contributed by atoms with Crippen molar-refractivity contribution in [2.45, 2.75) is 50.2 Å². The van der Waals surface area contributed by atoms with Crippen molar-refractivity contribution in [2.24, 2.45) is 0 Å².